The standard InChI is InChI=1S/C22H25FN6O3/c1-31-18-4-2-3-17(19(18)23)25-22(30)20-21(24)29(27-26-20)14-16-7-5-15(6-8-16)13-28-9-11-32-12-10-28/h2-8H,9-14,24H2,1H3,(H,25,30). The molecule has 1 amide bonds. The number of carbonyl (C=O) groups excluding carboxylic acids is 1. The molecule has 4 rings (SSSR count). The van der Waals surface area contributed by atoms with Crippen LogP contribution in [0.1, 0.15) is 21.6 Å². The molecule has 0 spiro atoms. The molecule has 0 radical (unpaired) electrons. The first-order valence-corrected chi connectivity index (χ1v) is 10.3. The Hall–Kier alpha value is -3.50. The lowest BCUT2D eigenvalue weighted by Crippen LogP contribution is -2.35. The van der Waals surface area contributed by atoms with E-state index in [0.29, 0.717) is 6.54 Å². The number of hydrogen-bond acceptors (Lipinski definition) is 7. The number of hydrogen-bond donors (Lipinski definition) is 2. The van der Waals surface area contributed by atoms with Crippen LogP contribution in [0.4, 0.5) is 15.9 Å². The lowest BCUT2D eigenvalue weighted by atomic mass is 10.1. The van der Waals surface area contributed by atoms with E-state index in [9.17, 15) is 9.18 Å². The maximum atomic E-state index is 14.3. The van der Waals surface area contributed by atoms with Crippen LogP contribution in [-0.4, -0.2) is 59.2 Å². The number of halogens is 1. The number of nitrogens with one attached hydrogen (secondary N) is 1. The molecular weight excluding hydrogens is 415 g/mol. The lowest BCUT2D eigenvalue weighted by molar-refractivity contribution is 0.0342. The van der Waals surface area contributed by atoms with E-state index < -0.39 is 11.7 Å². The first kappa shape index (κ1) is 21.7. The maximum Gasteiger partial charge on any atom is 0.280 e. The van der Waals surface area contributed by atoms with Gasteiger partial charge in [-0.2, -0.15) is 0 Å². The van der Waals surface area contributed by atoms with E-state index in [2.05, 4.69) is 32.7 Å². The van der Waals surface area contributed by atoms with E-state index in [1.807, 2.05) is 12.1 Å². The number of benzene rings is 2. The summed E-state index contributed by atoms with van der Waals surface area (Å²) in [6, 6.07) is 12.6. The van der Waals surface area contributed by atoms with E-state index in [4.69, 9.17) is 15.2 Å². The summed E-state index contributed by atoms with van der Waals surface area (Å²) < 4.78 is 26.0. The number of ether oxygens (including phenoxy) is 2. The Morgan fingerprint density at radius 3 is 2.53 bits per heavy atom. The molecule has 2 heterocycles. The Labute approximate surface area is 184 Å². The van der Waals surface area contributed by atoms with Crippen LogP contribution >= 0.6 is 0 Å². The summed E-state index contributed by atoms with van der Waals surface area (Å²) in [6.45, 7) is 4.63. The summed E-state index contributed by atoms with van der Waals surface area (Å²) >= 11 is 0. The van der Waals surface area contributed by atoms with Crippen molar-refractivity contribution in [2.45, 2.75) is 13.1 Å². The van der Waals surface area contributed by atoms with Gasteiger partial charge in [0.05, 0.1) is 32.6 Å². The highest BCUT2D eigenvalue weighted by molar-refractivity contribution is 6.05. The fourth-order valence-corrected chi connectivity index (χ4v) is 3.49. The number of nitrogen functional groups attached to an aromatic ring is 1. The summed E-state index contributed by atoms with van der Waals surface area (Å²) in [5, 5.41) is 10.3. The van der Waals surface area contributed by atoms with Crippen molar-refractivity contribution in [3.63, 3.8) is 0 Å². The van der Waals surface area contributed by atoms with Gasteiger partial charge in [0.15, 0.2) is 23.1 Å². The van der Waals surface area contributed by atoms with Gasteiger partial charge in [-0.1, -0.05) is 35.5 Å². The number of aromatic nitrogens is 3. The third-order valence-corrected chi connectivity index (χ3v) is 5.29. The van der Waals surface area contributed by atoms with Crippen LogP contribution in [0.5, 0.6) is 5.75 Å². The molecule has 1 fully saturated rings. The molecule has 0 saturated carbocycles. The van der Waals surface area contributed by atoms with Crippen LogP contribution < -0.4 is 15.8 Å². The van der Waals surface area contributed by atoms with Gasteiger partial charge in [0.2, 0.25) is 0 Å². The first-order valence-electron chi connectivity index (χ1n) is 10.3. The Kier molecular flexibility index (Phi) is 6.62. The minimum Gasteiger partial charge on any atom is -0.494 e. The van der Waals surface area contributed by atoms with Crippen molar-refractivity contribution >= 4 is 17.4 Å². The second-order valence-electron chi connectivity index (χ2n) is 7.46. The largest absolute Gasteiger partial charge is 0.494 e. The third kappa shape index (κ3) is 4.87. The van der Waals surface area contributed by atoms with Crippen LogP contribution in [0.25, 0.3) is 0 Å². The summed E-state index contributed by atoms with van der Waals surface area (Å²) in [7, 11) is 1.35. The summed E-state index contributed by atoms with van der Waals surface area (Å²) in [5.41, 5.74) is 8.17. The molecule has 168 valence electrons. The lowest BCUT2D eigenvalue weighted by Gasteiger charge is -2.26. The van der Waals surface area contributed by atoms with Gasteiger partial charge >= 0.3 is 0 Å². The summed E-state index contributed by atoms with van der Waals surface area (Å²) in [4.78, 5) is 14.9. The number of nitrogens with two attached hydrogens (primary N) is 1. The number of carbonyl (C=O) groups is 1. The average Bonchev–Trinajstić information content (AvgIpc) is 3.17. The van der Waals surface area contributed by atoms with Crippen molar-refractivity contribution in [1.82, 2.24) is 19.9 Å². The highest BCUT2D eigenvalue weighted by Crippen LogP contribution is 2.24. The minimum absolute atomic E-state index is 0.0245. The molecule has 1 aliphatic rings. The van der Waals surface area contributed by atoms with Gasteiger partial charge in [-0.3, -0.25) is 9.69 Å². The van der Waals surface area contributed by atoms with Crippen molar-refractivity contribution in [3.8, 4) is 5.75 Å². The van der Waals surface area contributed by atoms with Crippen LogP contribution in [-0.2, 0) is 17.8 Å². The Morgan fingerprint density at radius 1 is 1.16 bits per heavy atom. The zero-order chi connectivity index (χ0) is 22.5. The van der Waals surface area contributed by atoms with Gasteiger partial charge in [-0.05, 0) is 23.3 Å². The van der Waals surface area contributed by atoms with Crippen LogP contribution in [0.3, 0.4) is 0 Å². The van der Waals surface area contributed by atoms with Crippen molar-refractivity contribution in [1.29, 1.82) is 0 Å². The van der Waals surface area contributed by atoms with Gasteiger partial charge in [0.1, 0.15) is 0 Å². The first-order chi connectivity index (χ1) is 15.5. The smallest absolute Gasteiger partial charge is 0.280 e. The molecule has 3 aromatic rings. The van der Waals surface area contributed by atoms with Crippen LogP contribution in [0.15, 0.2) is 42.5 Å². The molecule has 1 aliphatic heterocycles. The minimum atomic E-state index is -0.675. The van der Waals surface area contributed by atoms with Crippen molar-refractivity contribution in [2.24, 2.45) is 0 Å². The second-order valence-corrected chi connectivity index (χ2v) is 7.46. The molecule has 0 atom stereocenters. The zero-order valence-corrected chi connectivity index (χ0v) is 17.8. The van der Waals surface area contributed by atoms with Crippen LogP contribution in [0.2, 0.25) is 0 Å². The zero-order valence-electron chi connectivity index (χ0n) is 17.8. The summed E-state index contributed by atoms with van der Waals surface area (Å²) in [6.07, 6.45) is 0. The molecule has 0 bridgehead atoms. The van der Waals surface area contributed by atoms with Crippen molar-refractivity contribution in [3.05, 3.63) is 65.1 Å². The molecule has 1 saturated heterocycles. The molecule has 0 unspecified atom stereocenters. The predicted octanol–water partition coefficient (Wildman–Crippen LogP) is 2.14. The SMILES string of the molecule is COc1cccc(NC(=O)c2nnn(Cc3ccc(CN4CCOCC4)cc3)c2N)c1F. The number of nitrogens with zero attached hydrogens (tertiary/aromatic N) is 4. The topological polar surface area (TPSA) is 108 Å². The maximum absolute atomic E-state index is 14.3. The normalized spacial score (nSPS) is 14.3. The Morgan fingerprint density at radius 2 is 1.84 bits per heavy atom. The monoisotopic (exact) mass is 440 g/mol. The van der Waals surface area contributed by atoms with Gasteiger partial charge in [-0.15, -0.1) is 5.10 Å². The molecular formula is C22H25FN6O3. The highest BCUT2D eigenvalue weighted by atomic mass is 19.1. The van der Waals surface area contributed by atoms with E-state index in [0.717, 1.165) is 38.4 Å². The number of methoxy groups -OCH3 is 1. The number of anilines is 2. The van der Waals surface area contributed by atoms with E-state index in [1.54, 1.807) is 6.07 Å². The van der Waals surface area contributed by atoms with Gasteiger partial charge in [0, 0.05) is 19.6 Å². The molecule has 1 aromatic heterocycles. The van der Waals surface area contributed by atoms with Gasteiger partial charge in [-0.25, -0.2) is 9.07 Å². The quantitative estimate of drug-likeness (QED) is 0.580. The van der Waals surface area contributed by atoms with E-state index in [-0.39, 0.29) is 22.9 Å². The van der Waals surface area contributed by atoms with E-state index in [1.165, 1.54) is 29.5 Å². The predicted molar refractivity (Wildman–Crippen MR) is 117 cm³/mol. The molecule has 32 heavy (non-hydrogen) atoms. The number of rotatable bonds is 7. The second kappa shape index (κ2) is 9.75. The molecule has 10 heteroatoms. The molecule has 2 aromatic carbocycles. The molecule has 0 aliphatic carbocycles. The highest BCUT2D eigenvalue weighted by Gasteiger charge is 2.20. The van der Waals surface area contributed by atoms with Gasteiger partial charge < -0.3 is 20.5 Å². The van der Waals surface area contributed by atoms with Crippen molar-refractivity contribution in [2.75, 3.05) is 44.5 Å². The summed E-state index contributed by atoms with van der Waals surface area (Å²) in [5.74, 6) is -1.20. The fraction of sp³-hybridized carbons (Fsp3) is 0.318. The Bertz CT molecular complexity index is 1080. The Balaban J connectivity index is 1.41. The number of morpholine rings is 1. The number of amides is 1. The molecule has 3 N–H and O–H groups in total. The fourth-order valence-electron chi connectivity index (χ4n) is 3.49. The third-order valence-electron chi connectivity index (χ3n) is 5.29. The van der Waals surface area contributed by atoms with Gasteiger partial charge in [0.25, 0.3) is 5.91 Å². The van der Waals surface area contributed by atoms with Crippen LogP contribution in [0, 0.1) is 5.82 Å². The van der Waals surface area contributed by atoms with E-state index >= 15 is 0 Å². The average molecular weight is 440 g/mol. The molecule has 9 nitrogen and oxygen atoms in total. The van der Waals surface area contributed by atoms with Crippen molar-refractivity contribution < 1.29 is 18.7 Å².